The van der Waals surface area contributed by atoms with E-state index in [-0.39, 0.29) is 0 Å². The van der Waals surface area contributed by atoms with Crippen molar-refractivity contribution in [3.05, 3.63) is 47.6 Å². The van der Waals surface area contributed by atoms with Gasteiger partial charge in [-0.25, -0.2) is 4.98 Å². The Morgan fingerprint density at radius 3 is 2.90 bits per heavy atom. The summed E-state index contributed by atoms with van der Waals surface area (Å²) in [4.78, 5) is 4.15. The number of rotatable bonds is 4. The molecular formula is C14H15N5O. The monoisotopic (exact) mass is 269 g/mol. The summed E-state index contributed by atoms with van der Waals surface area (Å²) >= 11 is 0. The molecule has 0 aliphatic rings. The number of benzene rings is 1. The molecule has 102 valence electrons. The fourth-order valence-corrected chi connectivity index (χ4v) is 2.07. The van der Waals surface area contributed by atoms with Crippen LogP contribution in [0.15, 0.2) is 35.1 Å². The van der Waals surface area contributed by atoms with Crippen molar-refractivity contribution in [3.63, 3.8) is 0 Å². The topological polar surface area (TPSA) is 79.6 Å². The van der Waals surface area contributed by atoms with Crippen LogP contribution < -0.4 is 5.32 Å². The van der Waals surface area contributed by atoms with Crippen LogP contribution >= 0.6 is 0 Å². The van der Waals surface area contributed by atoms with Crippen LogP contribution in [-0.2, 0) is 6.54 Å². The summed E-state index contributed by atoms with van der Waals surface area (Å²) in [6, 6.07) is 8.01. The highest BCUT2D eigenvalue weighted by Gasteiger charge is 2.08. The van der Waals surface area contributed by atoms with Gasteiger partial charge >= 0.3 is 0 Å². The van der Waals surface area contributed by atoms with Gasteiger partial charge in [-0.3, -0.25) is 5.10 Å². The number of hydrogen-bond donors (Lipinski definition) is 2. The van der Waals surface area contributed by atoms with Gasteiger partial charge in [0, 0.05) is 23.4 Å². The third-order valence-electron chi connectivity index (χ3n) is 3.20. The molecule has 6 nitrogen and oxygen atoms in total. The van der Waals surface area contributed by atoms with E-state index in [0.717, 1.165) is 34.1 Å². The summed E-state index contributed by atoms with van der Waals surface area (Å²) < 4.78 is 5.15. The fraction of sp³-hybridized carbons (Fsp3) is 0.214. The van der Waals surface area contributed by atoms with E-state index in [0.29, 0.717) is 6.54 Å². The van der Waals surface area contributed by atoms with Crippen LogP contribution in [0.1, 0.15) is 17.0 Å². The molecule has 0 aliphatic heterocycles. The number of nitrogens with zero attached hydrogens (tertiary/aromatic N) is 3. The minimum atomic E-state index is 0.682. The van der Waals surface area contributed by atoms with Gasteiger partial charge in [0.15, 0.2) is 5.82 Å². The SMILES string of the molecule is Cc1noc(C)c1CNc1cccc(-c2ncn[nH]2)c1. The van der Waals surface area contributed by atoms with Crippen LogP contribution in [0.4, 0.5) is 5.69 Å². The molecule has 0 unspecified atom stereocenters. The van der Waals surface area contributed by atoms with Gasteiger partial charge in [0.25, 0.3) is 0 Å². The number of aromatic nitrogens is 4. The van der Waals surface area contributed by atoms with Gasteiger partial charge in [-0.05, 0) is 26.0 Å². The van der Waals surface area contributed by atoms with Crippen LogP contribution in [-0.4, -0.2) is 20.3 Å². The number of anilines is 1. The summed E-state index contributed by atoms with van der Waals surface area (Å²) in [5, 5.41) is 14.0. The highest BCUT2D eigenvalue weighted by Crippen LogP contribution is 2.20. The van der Waals surface area contributed by atoms with Crippen molar-refractivity contribution in [3.8, 4) is 11.4 Å². The van der Waals surface area contributed by atoms with Crippen LogP contribution in [0.3, 0.4) is 0 Å². The summed E-state index contributed by atoms with van der Waals surface area (Å²) in [6.45, 7) is 4.54. The zero-order valence-electron chi connectivity index (χ0n) is 11.3. The van der Waals surface area contributed by atoms with Crippen LogP contribution in [0.5, 0.6) is 0 Å². The Morgan fingerprint density at radius 1 is 1.30 bits per heavy atom. The number of nitrogens with one attached hydrogen (secondary N) is 2. The maximum absolute atomic E-state index is 5.15. The lowest BCUT2D eigenvalue weighted by Crippen LogP contribution is -2.01. The van der Waals surface area contributed by atoms with Crippen LogP contribution in [0, 0.1) is 13.8 Å². The molecule has 2 aromatic heterocycles. The molecule has 0 aliphatic carbocycles. The normalized spacial score (nSPS) is 10.7. The Labute approximate surface area is 116 Å². The van der Waals surface area contributed by atoms with Crippen molar-refractivity contribution >= 4 is 5.69 Å². The average Bonchev–Trinajstić information content (AvgIpc) is 3.09. The van der Waals surface area contributed by atoms with Crippen molar-refractivity contribution in [2.24, 2.45) is 0 Å². The van der Waals surface area contributed by atoms with E-state index in [9.17, 15) is 0 Å². The van der Waals surface area contributed by atoms with Crippen molar-refractivity contribution in [2.45, 2.75) is 20.4 Å². The smallest absolute Gasteiger partial charge is 0.155 e. The van der Waals surface area contributed by atoms with Crippen molar-refractivity contribution in [2.75, 3.05) is 5.32 Å². The number of hydrogen-bond acceptors (Lipinski definition) is 5. The van der Waals surface area contributed by atoms with Crippen molar-refractivity contribution < 1.29 is 4.52 Å². The van der Waals surface area contributed by atoms with E-state index >= 15 is 0 Å². The molecule has 0 saturated heterocycles. The molecular weight excluding hydrogens is 254 g/mol. The Morgan fingerprint density at radius 2 is 2.20 bits per heavy atom. The number of aromatic amines is 1. The van der Waals surface area contributed by atoms with E-state index in [1.165, 1.54) is 6.33 Å². The van der Waals surface area contributed by atoms with E-state index < -0.39 is 0 Å². The van der Waals surface area contributed by atoms with E-state index in [4.69, 9.17) is 4.52 Å². The van der Waals surface area contributed by atoms with Crippen LogP contribution in [0.2, 0.25) is 0 Å². The predicted octanol–water partition coefficient (Wildman–Crippen LogP) is 2.69. The first kappa shape index (κ1) is 12.4. The third kappa shape index (κ3) is 2.40. The molecule has 2 heterocycles. The van der Waals surface area contributed by atoms with Gasteiger partial charge in [-0.2, -0.15) is 5.10 Å². The highest BCUT2D eigenvalue weighted by atomic mass is 16.5. The standard InChI is InChI=1S/C14H15N5O/c1-9-13(10(2)20-19-9)7-15-12-5-3-4-11(6-12)14-16-8-17-18-14/h3-6,8,15H,7H2,1-2H3,(H,16,17,18). The molecule has 0 bridgehead atoms. The maximum Gasteiger partial charge on any atom is 0.155 e. The maximum atomic E-state index is 5.15. The predicted molar refractivity (Wildman–Crippen MR) is 75.1 cm³/mol. The lowest BCUT2D eigenvalue weighted by Gasteiger charge is -2.07. The Hall–Kier alpha value is -2.63. The quantitative estimate of drug-likeness (QED) is 0.761. The average molecular weight is 269 g/mol. The van der Waals surface area contributed by atoms with Gasteiger partial charge in [-0.1, -0.05) is 17.3 Å². The van der Waals surface area contributed by atoms with Crippen molar-refractivity contribution in [1.29, 1.82) is 0 Å². The summed E-state index contributed by atoms with van der Waals surface area (Å²) in [7, 11) is 0. The van der Waals surface area contributed by atoms with Crippen molar-refractivity contribution in [1.82, 2.24) is 20.3 Å². The molecule has 0 spiro atoms. The molecule has 1 aromatic carbocycles. The first-order valence-electron chi connectivity index (χ1n) is 6.35. The Balaban J connectivity index is 1.77. The molecule has 0 atom stereocenters. The largest absolute Gasteiger partial charge is 0.381 e. The molecule has 0 radical (unpaired) electrons. The second-order valence-electron chi connectivity index (χ2n) is 4.57. The molecule has 0 fully saturated rings. The molecule has 20 heavy (non-hydrogen) atoms. The molecule has 0 amide bonds. The number of H-pyrrole nitrogens is 1. The molecule has 0 saturated carbocycles. The molecule has 6 heteroatoms. The highest BCUT2D eigenvalue weighted by molar-refractivity contribution is 5.62. The molecule has 3 aromatic rings. The first-order chi connectivity index (χ1) is 9.74. The summed E-state index contributed by atoms with van der Waals surface area (Å²) in [6.07, 6.45) is 1.50. The minimum Gasteiger partial charge on any atom is -0.381 e. The van der Waals surface area contributed by atoms with Gasteiger partial charge in [-0.15, -0.1) is 0 Å². The van der Waals surface area contributed by atoms with Gasteiger partial charge < -0.3 is 9.84 Å². The van der Waals surface area contributed by atoms with Crippen LogP contribution in [0.25, 0.3) is 11.4 Å². The van der Waals surface area contributed by atoms with Gasteiger partial charge in [0.1, 0.15) is 12.1 Å². The third-order valence-corrected chi connectivity index (χ3v) is 3.20. The summed E-state index contributed by atoms with van der Waals surface area (Å²) in [5.41, 5.74) is 4.02. The number of aryl methyl sites for hydroxylation is 2. The zero-order valence-corrected chi connectivity index (χ0v) is 11.3. The van der Waals surface area contributed by atoms with E-state index in [2.05, 4.69) is 25.7 Å². The Bertz CT molecular complexity index is 683. The fourth-order valence-electron chi connectivity index (χ4n) is 2.07. The minimum absolute atomic E-state index is 0.682. The van der Waals surface area contributed by atoms with Gasteiger partial charge in [0.05, 0.1) is 5.69 Å². The van der Waals surface area contributed by atoms with Gasteiger partial charge in [0.2, 0.25) is 0 Å². The van der Waals surface area contributed by atoms with E-state index in [1.807, 2.05) is 38.1 Å². The van der Waals surface area contributed by atoms with E-state index in [1.54, 1.807) is 0 Å². The lowest BCUT2D eigenvalue weighted by atomic mass is 10.1. The first-order valence-corrected chi connectivity index (χ1v) is 6.35. The lowest BCUT2D eigenvalue weighted by molar-refractivity contribution is 0.392. The molecule has 2 N–H and O–H groups in total. The second-order valence-corrected chi connectivity index (χ2v) is 4.57. The summed E-state index contributed by atoms with van der Waals surface area (Å²) in [5.74, 6) is 1.60. The second kappa shape index (κ2) is 5.16. The molecule has 3 rings (SSSR count). The zero-order chi connectivity index (χ0) is 13.9. The Kier molecular flexibility index (Phi) is 3.20.